The number of hydrogen-bond donors (Lipinski definition) is 1. The van der Waals surface area contributed by atoms with Crippen molar-refractivity contribution in [3.63, 3.8) is 0 Å². The van der Waals surface area contributed by atoms with Gasteiger partial charge in [-0.05, 0) is 36.0 Å². The van der Waals surface area contributed by atoms with Crippen LogP contribution in [-0.2, 0) is 11.2 Å². The average Bonchev–Trinajstić information content (AvgIpc) is 2.91. The maximum atomic E-state index is 11.9. The Morgan fingerprint density at radius 1 is 1.41 bits per heavy atom. The molecule has 1 aliphatic rings. The minimum Gasteiger partial charge on any atom is -0.326 e. The van der Waals surface area contributed by atoms with E-state index in [4.69, 9.17) is 0 Å². The molecule has 1 fully saturated rings. The van der Waals surface area contributed by atoms with Gasteiger partial charge in [0.2, 0.25) is 5.91 Å². The lowest BCUT2D eigenvalue weighted by Crippen LogP contribution is -2.16. The van der Waals surface area contributed by atoms with Crippen LogP contribution < -0.4 is 5.32 Å². The number of amides is 1. The third-order valence-corrected chi connectivity index (χ3v) is 3.83. The summed E-state index contributed by atoms with van der Waals surface area (Å²) in [6.45, 7) is 4.27. The van der Waals surface area contributed by atoms with E-state index in [2.05, 4.69) is 47.2 Å². The normalized spacial score (nSPS) is 21.0. The number of anilines is 1. The molecule has 1 unspecified atom stereocenters. The number of rotatable bonds is 4. The van der Waals surface area contributed by atoms with Crippen LogP contribution in [0.1, 0.15) is 25.8 Å². The number of alkyl halides is 1. The highest BCUT2D eigenvalue weighted by Crippen LogP contribution is 2.51. The van der Waals surface area contributed by atoms with E-state index in [9.17, 15) is 4.79 Å². The summed E-state index contributed by atoms with van der Waals surface area (Å²) in [4.78, 5) is 11.9. The monoisotopic (exact) mass is 295 g/mol. The van der Waals surface area contributed by atoms with Gasteiger partial charge in [-0.1, -0.05) is 41.9 Å². The molecule has 17 heavy (non-hydrogen) atoms. The van der Waals surface area contributed by atoms with Crippen molar-refractivity contribution in [2.45, 2.75) is 26.7 Å². The Labute approximate surface area is 111 Å². The molecule has 1 N–H and O–H groups in total. The maximum absolute atomic E-state index is 11.9. The second-order valence-electron chi connectivity index (χ2n) is 5.37. The van der Waals surface area contributed by atoms with Gasteiger partial charge in [0.25, 0.3) is 0 Å². The van der Waals surface area contributed by atoms with Crippen LogP contribution in [0.2, 0.25) is 0 Å². The van der Waals surface area contributed by atoms with Crippen molar-refractivity contribution in [2.24, 2.45) is 11.3 Å². The summed E-state index contributed by atoms with van der Waals surface area (Å²) < 4.78 is 0. The van der Waals surface area contributed by atoms with Gasteiger partial charge in [0.15, 0.2) is 0 Å². The fraction of sp³-hybridized carbons (Fsp3) is 0.500. The van der Waals surface area contributed by atoms with Gasteiger partial charge in [-0.3, -0.25) is 4.79 Å². The zero-order valence-corrected chi connectivity index (χ0v) is 11.9. The van der Waals surface area contributed by atoms with Crippen molar-refractivity contribution in [3.8, 4) is 0 Å². The predicted molar refractivity (Wildman–Crippen MR) is 74.5 cm³/mol. The topological polar surface area (TPSA) is 29.1 Å². The molecular formula is C14H18BrNO. The van der Waals surface area contributed by atoms with Crippen molar-refractivity contribution < 1.29 is 4.79 Å². The Hall–Kier alpha value is -0.830. The van der Waals surface area contributed by atoms with Crippen molar-refractivity contribution in [3.05, 3.63) is 29.8 Å². The molecule has 3 heteroatoms. The van der Waals surface area contributed by atoms with Gasteiger partial charge in [0.1, 0.15) is 0 Å². The highest BCUT2D eigenvalue weighted by atomic mass is 79.9. The molecule has 2 nitrogen and oxygen atoms in total. The summed E-state index contributed by atoms with van der Waals surface area (Å²) in [6, 6.07) is 8.08. The van der Waals surface area contributed by atoms with Gasteiger partial charge >= 0.3 is 0 Å². The molecule has 0 heterocycles. The Balaban J connectivity index is 1.93. The third-order valence-electron chi connectivity index (χ3n) is 3.43. The van der Waals surface area contributed by atoms with Crippen molar-refractivity contribution in [2.75, 3.05) is 10.6 Å². The van der Waals surface area contributed by atoms with Gasteiger partial charge in [0.05, 0.1) is 0 Å². The zero-order chi connectivity index (χ0) is 12.5. The Morgan fingerprint density at radius 2 is 2.00 bits per heavy atom. The smallest absolute Gasteiger partial charge is 0.228 e. The molecule has 0 saturated heterocycles. The quantitative estimate of drug-likeness (QED) is 0.845. The van der Waals surface area contributed by atoms with Gasteiger partial charge in [-0.2, -0.15) is 0 Å². The van der Waals surface area contributed by atoms with E-state index in [1.54, 1.807) is 0 Å². The minimum absolute atomic E-state index is 0.156. The van der Waals surface area contributed by atoms with E-state index in [0.29, 0.717) is 0 Å². The van der Waals surface area contributed by atoms with E-state index in [1.165, 1.54) is 5.56 Å². The average molecular weight is 296 g/mol. The van der Waals surface area contributed by atoms with Crippen molar-refractivity contribution >= 4 is 27.5 Å². The first-order valence-electron chi connectivity index (χ1n) is 5.99. The number of benzene rings is 1. The molecule has 0 bridgehead atoms. The van der Waals surface area contributed by atoms with Crippen LogP contribution in [0.25, 0.3) is 0 Å². The minimum atomic E-state index is 0.156. The number of carbonyl (C=O) groups is 1. The number of hydrogen-bond acceptors (Lipinski definition) is 1. The van der Waals surface area contributed by atoms with Crippen LogP contribution in [0.4, 0.5) is 5.69 Å². The summed E-state index contributed by atoms with van der Waals surface area (Å²) in [5.74, 6) is 0.341. The van der Waals surface area contributed by atoms with Gasteiger partial charge in [-0.15, -0.1) is 0 Å². The predicted octanol–water partition coefficient (Wildman–Crippen LogP) is 3.61. The molecule has 0 aromatic heterocycles. The summed E-state index contributed by atoms with van der Waals surface area (Å²) >= 11 is 3.41. The third kappa shape index (κ3) is 3.09. The Bertz CT molecular complexity index is 411. The maximum Gasteiger partial charge on any atom is 0.228 e. The van der Waals surface area contributed by atoms with Crippen LogP contribution >= 0.6 is 15.9 Å². The van der Waals surface area contributed by atoms with E-state index >= 15 is 0 Å². The summed E-state index contributed by atoms with van der Waals surface area (Å²) in [6.07, 6.45) is 2.02. The van der Waals surface area contributed by atoms with Gasteiger partial charge < -0.3 is 5.32 Å². The summed E-state index contributed by atoms with van der Waals surface area (Å²) in [5, 5.41) is 3.95. The molecule has 1 aromatic rings. The first-order chi connectivity index (χ1) is 8.03. The van der Waals surface area contributed by atoms with Crippen LogP contribution in [-0.4, -0.2) is 11.2 Å². The number of nitrogens with one attached hydrogen (secondary N) is 1. The Kier molecular flexibility index (Phi) is 3.57. The largest absolute Gasteiger partial charge is 0.326 e. The number of aryl methyl sites for hydroxylation is 1. The fourth-order valence-electron chi connectivity index (χ4n) is 2.01. The molecular weight excluding hydrogens is 278 g/mol. The zero-order valence-electron chi connectivity index (χ0n) is 10.3. The van der Waals surface area contributed by atoms with E-state index in [1.807, 2.05) is 12.1 Å². The first-order valence-corrected chi connectivity index (χ1v) is 7.11. The SMILES string of the molecule is CC1(C)CC1C(=O)Nc1ccc(CCBr)cc1. The van der Waals surface area contributed by atoms with Crippen molar-refractivity contribution in [1.82, 2.24) is 0 Å². The second kappa shape index (κ2) is 4.81. The fourth-order valence-corrected chi connectivity index (χ4v) is 2.47. The van der Waals surface area contributed by atoms with Crippen LogP contribution in [0.15, 0.2) is 24.3 Å². The molecule has 1 aromatic carbocycles. The molecule has 0 radical (unpaired) electrons. The molecule has 1 saturated carbocycles. The standard InChI is InChI=1S/C14H18BrNO/c1-14(2)9-12(14)13(17)16-11-5-3-10(4-6-11)7-8-15/h3-6,12H,7-9H2,1-2H3,(H,16,17). The lowest BCUT2D eigenvalue weighted by atomic mass is 10.1. The highest BCUT2D eigenvalue weighted by molar-refractivity contribution is 9.09. The second-order valence-corrected chi connectivity index (χ2v) is 6.16. The number of halogens is 1. The first kappa shape index (κ1) is 12.6. The molecule has 92 valence electrons. The summed E-state index contributed by atoms with van der Waals surface area (Å²) in [5.41, 5.74) is 2.38. The lowest BCUT2D eigenvalue weighted by Gasteiger charge is -2.07. The molecule has 1 aliphatic carbocycles. The summed E-state index contributed by atoms with van der Waals surface area (Å²) in [7, 11) is 0. The molecule has 0 aliphatic heterocycles. The van der Waals surface area contributed by atoms with E-state index < -0.39 is 0 Å². The Morgan fingerprint density at radius 3 is 2.47 bits per heavy atom. The van der Waals surface area contributed by atoms with E-state index in [-0.39, 0.29) is 17.2 Å². The molecule has 1 amide bonds. The van der Waals surface area contributed by atoms with Crippen LogP contribution in [0.3, 0.4) is 0 Å². The van der Waals surface area contributed by atoms with Crippen LogP contribution in [0, 0.1) is 11.3 Å². The highest BCUT2D eigenvalue weighted by Gasteiger charge is 2.50. The molecule has 0 spiro atoms. The number of carbonyl (C=O) groups excluding carboxylic acids is 1. The van der Waals surface area contributed by atoms with Crippen LogP contribution in [0.5, 0.6) is 0 Å². The molecule has 2 rings (SSSR count). The molecule has 1 atom stereocenters. The van der Waals surface area contributed by atoms with Gasteiger partial charge in [0, 0.05) is 16.9 Å². The van der Waals surface area contributed by atoms with Gasteiger partial charge in [-0.25, -0.2) is 0 Å². The lowest BCUT2D eigenvalue weighted by molar-refractivity contribution is -0.117. The van der Waals surface area contributed by atoms with Crippen molar-refractivity contribution in [1.29, 1.82) is 0 Å². The van der Waals surface area contributed by atoms with E-state index in [0.717, 1.165) is 23.9 Å².